The lowest BCUT2D eigenvalue weighted by Crippen LogP contribution is -2.24. The van der Waals surface area contributed by atoms with E-state index in [0.717, 1.165) is 53.2 Å². The zero-order valence-electron chi connectivity index (χ0n) is 16.2. The molecule has 150 valence electrons. The van der Waals surface area contributed by atoms with Gasteiger partial charge < -0.3 is 10.3 Å². The normalized spacial score (nSPS) is 12.7. The molecule has 2 N–H and O–H groups in total. The Morgan fingerprint density at radius 2 is 1.97 bits per heavy atom. The molecule has 0 saturated heterocycles. The van der Waals surface area contributed by atoms with E-state index in [9.17, 15) is 9.18 Å². The van der Waals surface area contributed by atoms with E-state index in [1.165, 1.54) is 12.1 Å². The number of imidazole rings is 1. The van der Waals surface area contributed by atoms with Crippen LogP contribution in [0.3, 0.4) is 0 Å². The second kappa shape index (κ2) is 7.59. The number of amides is 1. The molecular formula is C23H20FN5O. The van der Waals surface area contributed by atoms with Crippen LogP contribution in [0.15, 0.2) is 60.9 Å². The predicted octanol–water partition coefficient (Wildman–Crippen LogP) is 3.82. The number of carbonyl (C=O) groups excluding carboxylic acids is 1. The number of carbonyl (C=O) groups is 1. The molecule has 2 aromatic heterocycles. The third kappa shape index (κ3) is 3.28. The maximum atomic E-state index is 13.3. The van der Waals surface area contributed by atoms with Crippen molar-refractivity contribution < 1.29 is 9.18 Å². The molecule has 0 spiro atoms. The molecule has 0 fully saturated rings. The molecule has 0 atom stereocenters. The summed E-state index contributed by atoms with van der Waals surface area (Å²) in [4.78, 5) is 20.4. The third-order valence-corrected chi connectivity index (χ3v) is 5.43. The highest BCUT2D eigenvalue weighted by molar-refractivity contribution is 5.94. The fraction of sp³-hybridized carbons (Fsp3) is 0.174. The SMILES string of the molecule is O=C(NCc1ccccc1-c1ncc[nH]1)c1nn(-c2ccc(F)cc2)c2c1CCC2. The van der Waals surface area contributed by atoms with Crippen molar-refractivity contribution in [3.63, 3.8) is 0 Å². The van der Waals surface area contributed by atoms with Crippen LogP contribution in [-0.4, -0.2) is 25.7 Å². The monoisotopic (exact) mass is 401 g/mol. The first-order valence-electron chi connectivity index (χ1n) is 9.93. The van der Waals surface area contributed by atoms with Crippen molar-refractivity contribution >= 4 is 5.91 Å². The molecule has 6 nitrogen and oxygen atoms in total. The Labute approximate surface area is 172 Å². The molecule has 0 unspecified atom stereocenters. The lowest BCUT2D eigenvalue weighted by molar-refractivity contribution is 0.0944. The van der Waals surface area contributed by atoms with E-state index in [2.05, 4.69) is 20.4 Å². The number of nitrogens with one attached hydrogen (secondary N) is 2. The fourth-order valence-corrected chi connectivity index (χ4v) is 3.99. The minimum Gasteiger partial charge on any atom is -0.347 e. The average molecular weight is 401 g/mol. The van der Waals surface area contributed by atoms with E-state index in [1.54, 1.807) is 29.2 Å². The number of benzene rings is 2. The molecule has 4 aromatic rings. The minimum atomic E-state index is -0.296. The molecule has 1 amide bonds. The minimum absolute atomic E-state index is 0.205. The molecule has 0 aliphatic heterocycles. The van der Waals surface area contributed by atoms with Gasteiger partial charge in [-0.05, 0) is 49.1 Å². The van der Waals surface area contributed by atoms with Crippen molar-refractivity contribution in [1.29, 1.82) is 0 Å². The number of nitrogens with zero attached hydrogens (tertiary/aromatic N) is 3. The molecule has 0 radical (unpaired) electrons. The molecule has 1 aliphatic carbocycles. The van der Waals surface area contributed by atoms with E-state index < -0.39 is 0 Å². The standard InChI is InChI=1S/C23H20FN5O/c24-16-8-10-17(11-9-16)29-20-7-3-6-19(20)21(28-29)23(30)27-14-15-4-1-2-5-18(15)22-25-12-13-26-22/h1-2,4-5,8-13H,3,6-7,14H2,(H,25,26)(H,27,30). The average Bonchev–Trinajstić information content (AvgIpc) is 3.51. The molecule has 2 aromatic carbocycles. The topological polar surface area (TPSA) is 75.6 Å². The van der Waals surface area contributed by atoms with E-state index in [0.29, 0.717) is 12.2 Å². The van der Waals surface area contributed by atoms with Crippen LogP contribution < -0.4 is 5.32 Å². The van der Waals surface area contributed by atoms with E-state index in [-0.39, 0.29) is 11.7 Å². The van der Waals surface area contributed by atoms with Crippen LogP contribution in [0, 0.1) is 5.82 Å². The summed E-state index contributed by atoms with van der Waals surface area (Å²) in [6.07, 6.45) is 6.14. The first kappa shape index (κ1) is 18.3. The van der Waals surface area contributed by atoms with Crippen LogP contribution in [0.5, 0.6) is 0 Å². The second-order valence-electron chi connectivity index (χ2n) is 7.29. The lowest BCUT2D eigenvalue weighted by atomic mass is 10.1. The van der Waals surface area contributed by atoms with Crippen LogP contribution in [0.1, 0.15) is 33.7 Å². The summed E-state index contributed by atoms with van der Waals surface area (Å²) in [7, 11) is 0. The van der Waals surface area contributed by atoms with Gasteiger partial charge in [-0.15, -0.1) is 0 Å². The number of H-pyrrole nitrogens is 1. The van der Waals surface area contributed by atoms with Gasteiger partial charge in [-0.3, -0.25) is 4.79 Å². The van der Waals surface area contributed by atoms with Gasteiger partial charge >= 0.3 is 0 Å². The van der Waals surface area contributed by atoms with Gasteiger partial charge in [0.1, 0.15) is 11.6 Å². The number of hydrogen-bond donors (Lipinski definition) is 2. The smallest absolute Gasteiger partial charge is 0.272 e. The summed E-state index contributed by atoms with van der Waals surface area (Å²) in [5.41, 5.74) is 5.14. The van der Waals surface area contributed by atoms with Gasteiger partial charge in [0.2, 0.25) is 0 Å². The summed E-state index contributed by atoms with van der Waals surface area (Å²) in [5, 5.41) is 7.58. The Morgan fingerprint density at radius 3 is 2.77 bits per heavy atom. The summed E-state index contributed by atoms with van der Waals surface area (Å²) in [6, 6.07) is 14.0. The Hall–Kier alpha value is -3.74. The zero-order chi connectivity index (χ0) is 20.5. The number of halogens is 1. The van der Waals surface area contributed by atoms with Crippen molar-refractivity contribution in [3.05, 3.63) is 89.3 Å². The van der Waals surface area contributed by atoms with E-state index >= 15 is 0 Å². The number of fused-ring (bicyclic) bond motifs is 1. The third-order valence-electron chi connectivity index (χ3n) is 5.43. The molecule has 5 rings (SSSR count). The van der Waals surface area contributed by atoms with Crippen molar-refractivity contribution in [1.82, 2.24) is 25.1 Å². The highest BCUT2D eigenvalue weighted by Crippen LogP contribution is 2.28. The first-order chi connectivity index (χ1) is 14.7. The van der Waals surface area contributed by atoms with Gasteiger partial charge in [-0.25, -0.2) is 14.1 Å². The molecule has 30 heavy (non-hydrogen) atoms. The maximum absolute atomic E-state index is 13.3. The van der Waals surface area contributed by atoms with Gasteiger partial charge in [0.05, 0.1) is 5.69 Å². The quantitative estimate of drug-likeness (QED) is 0.534. The lowest BCUT2D eigenvalue weighted by Gasteiger charge is -2.09. The van der Waals surface area contributed by atoms with Crippen molar-refractivity contribution in [3.8, 4) is 17.1 Å². The Balaban J connectivity index is 1.41. The fourth-order valence-electron chi connectivity index (χ4n) is 3.99. The summed E-state index contributed by atoms with van der Waals surface area (Å²) in [6.45, 7) is 0.369. The summed E-state index contributed by atoms with van der Waals surface area (Å²) < 4.78 is 15.1. The predicted molar refractivity (Wildman–Crippen MR) is 111 cm³/mol. The van der Waals surface area contributed by atoms with Crippen molar-refractivity contribution in [2.24, 2.45) is 0 Å². The highest BCUT2D eigenvalue weighted by Gasteiger charge is 2.27. The Bertz CT molecular complexity index is 1200. The van der Waals surface area contributed by atoms with E-state index in [4.69, 9.17) is 0 Å². The van der Waals surface area contributed by atoms with Gasteiger partial charge in [0.15, 0.2) is 5.69 Å². The van der Waals surface area contributed by atoms with Crippen LogP contribution in [0.4, 0.5) is 4.39 Å². The zero-order valence-corrected chi connectivity index (χ0v) is 16.2. The number of hydrogen-bond acceptors (Lipinski definition) is 3. The Kier molecular flexibility index (Phi) is 4.63. The number of aromatic amines is 1. The maximum Gasteiger partial charge on any atom is 0.272 e. The molecular weight excluding hydrogens is 381 g/mol. The van der Waals surface area contributed by atoms with Crippen LogP contribution in [0.25, 0.3) is 17.1 Å². The summed E-state index contributed by atoms with van der Waals surface area (Å²) in [5.74, 6) is 0.264. The van der Waals surface area contributed by atoms with Crippen LogP contribution >= 0.6 is 0 Å². The highest BCUT2D eigenvalue weighted by atomic mass is 19.1. The molecule has 1 aliphatic rings. The molecule has 7 heteroatoms. The van der Waals surface area contributed by atoms with Crippen molar-refractivity contribution in [2.75, 3.05) is 0 Å². The largest absolute Gasteiger partial charge is 0.347 e. The van der Waals surface area contributed by atoms with Crippen molar-refractivity contribution in [2.45, 2.75) is 25.8 Å². The van der Waals surface area contributed by atoms with Gasteiger partial charge in [0.25, 0.3) is 5.91 Å². The summed E-state index contributed by atoms with van der Waals surface area (Å²) >= 11 is 0. The molecule has 0 bridgehead atoms. The number of aromatic nitrogens is 4. The Morgan fingerprint density at radius 1 is 1.13 bits per heavy atom. The molecule has 0 saturated carbocycles. The van der Waals surface area contributed by atoms with Gasteiger partial charge in [0, 0.05) is 35.8 Å². The van der Waals surface area contributed by atoms with E-state index in [1.807, 2.05) is 24.3 Å². The number of rotatable bonds is 5. The van der Waals surface area contributed by atoms with Gasteiger partial charge in [-0.1, -0.05) is 24.3 Å². The van der Waals surface area contributed by atoms with Gasteiger partial charge in [-0.2, -0.15) is 5.10 Å². The van der Waals surface area contributed by atoms with Crippen LogP contribution in [-0.2, 0) is 19.4 Å². The second-order valence-corrected chi connectivity index (χ2v) is 7.29. The molecule has 2 heterocycles. The van der Waals surface area contributed by atoms with Crippen LogP contribution in [0.2, 0.25) is 0 Å². The first-order valence-corrected chi connectivity index (χ1v) is 9.93.